The number of likely N-dealkylation sites (tertiary alicyclic amines) is 1. The molecule has 176 valence electrons. The van der Waals surface area contributed by atoms with Crippen LogP contribution in [0.4, 0.5) is 4.39 Å². The highest BCUT2D eigenvalue weighted by Crippen LogP contribution is 2.41. The molecule has 0 radical (unpaired) electrons. The smallest absolute Gasteiger partial charge is 0.295 e. The van der Waals surface area contributed by atoms with Crippen molar-refractivity contribution in [2.75, 3.05) is 34.3 Å². The summed E-state index contributed by atoms with van der Waals surface area (Å²) in [5, 5.41) is 11.2. The lowest BCUT2D eigenvalue weighted by molar-refractivity contribution is -0.140. The Bertz CT molecular complexity index is 1080. The van der Waals surface area contributed by atoms with E-state index in [9.17, 15) is 19.1 Å². The number of ether oxygens (including phenoxy) is 1. The summed E-state index contributed by atoms with van der Waals surface area (Å²) in [6, 6.07) is 10.1. The van der Waals surface area contributed by atoms with Gasteiger partial charge in [-0.25, -0.2) is 4.39 Å². The van der Waals surface area contributed by atoms with E-state index in [2.05, 4.69) is 0 Å². The lowest BCUT2D eigenvalue weighted by Crippen LogP contribution is -2.32. The minimum atomic E-state index is -1.00. The normalized spacial score (nSPS) is 17.9. The Morgan fingerprint density at radius 1 is 1.18 bits per heavy atom. The van der Waals surface area contributed by atoms with Crippen molar-refractivity contribution in [1.29, 1.82) is 0 Å². The third-order valence-electron chi connectivity index (χ3n) is 5.87. The second-order valence-corrected chi connectivity index (χ2v) is 8.78. The SMILES string of the molecule is COc1ccc(/C(O)=C2\C(=O)C(=O)N(CCCN(C)C)C2c2ccccc2F)cc1C(C)C. The van der Waals surface area contributed by atoms with Crippen LogP contribution in [-0.2, 0) is 9.59 Å². The second-order valence-electron chi connectivity index (χ2n) is 8.78. The summed E-state index contributed by atoms with van der Waals surface area (Å²) in [5.74, 6) is -1.64. The summed E-state index contributed by atoms with van der Waals surface area (Å²) in [7, 11) is 5.40. The van der Waals surface area contributed by atoms with Gasteiger partial charge in [0.1, 0.15) is 17.3 Å². The molecule has 1 amide bonds. The van der Waals surface area contributed by atoms with Crippen LogP contribution in [0.1, 0.15) is 48.9 Å². The highest BCUT2D eigenvalue weighted by Gasteiger charge is 2.46. The zero-order chi connectivity index (χ0) is 24.3. The Kier molecular flexibility index (Phi) is 7.53. The maximum Gasteiger partial charge on any atom is 0.295 e. The number of aliphatic hydroxyl groups is 1. The van der Waals surface area contributed by atoms with E-state index in [1.165, 1.54) is 11.0 Å². The van der Waals surface area contributed by atoms with Crippen LogP contribution in [0.25, 0.3) is 5.76 Å². The predicted octanol–water partition coefficient (Wildman–Crippen LogP) is 4.33. The molecule has 1 fully saturated rings. The van der Waals surface area contributed by atoms with Gasteiger partial charge in [0.05, 0.1) is 18.7 Å². The van der Waals surface area contributed by atoms with E-state index in [0.29, 0.717) is 24.3 Å². The molecule has 1 heterocycles. The van der Waals surface area contributed by atoms with E-state index >= 15 is 0 Å². The predicted molar refractivity (Wildman–Crippen MR) is 126 cm³/mol. The zero-order valence-corrected chi connectivity index (χ0v) is 19.8. The fraction of sp³-hybridized carbons (Fsp3) is 0.385. The molecule has 0 aliphatic carbocycles. The number of amides is 1. The van der Waals surface area contributed by atoms with Gasteiger partial charge < -0.3 is 19.6 Å². The van der Waals surface area contributed by atoms with Crippen molar-refractivity contribution < 1.29 is 23.8 Å². The largest absolute Gasteiger partial charge is 0.507 e. The molecular formula is C26H31FN2O4. The monoisotopic (exact) mass is 454 g/mol. The van der Waals surface area contributed by atoms with Crippen LogP contribution < -0.4 is 4.74 Å². The molecule has 0 saturated carbocycles. The molecule has 2 aromatic rings. The topological polar surface area (TPSA) is 70.1 Å². The average Bonchev–Trinajstić information content (AvgIpc) is 3.03. The molecule has 2 aromatic carbocycles. The van der Waals surface area contributed by atoms with Gasteiger partial charge in [-0.2, -0.15) is 0 Å². The van der Waals surface area contributed by atoms with Gasteiger partial charge in [-0.1, -0.05) is 32.0 Å². The summed E-state index contributed by atoms with van der Waals surface area (Å²) in [6.07, 6.45) is 0.602. The summed E-state index contributed by atoms with van der Waals surface area (Å²) in [6.45, 7) is 4.94. The molecule has 33 heavy (non-hydrogen) atoms. The van der Waals surface area contributed by atoms with Crippen molar-refractivity contribution in [3.8, 4) is 5.75 Å². The van der Waals surface area contributed by atoms with Gasteiger partial charge in [-0.15, -0.1) is 0 Å². The standard InChI is InChI=1S/C26H31FN2O4/c1-16(2)19-15-17(11-12-21(19)33-5)24(30)22-23(18-9-6-7-10-20(18)27)29(26(32)25(22)31)14-8-13-28(3)4/h6-7,9-12,15-16,23,30H,8,13-14H2,1-5H3/b24-22+. The zero-order valence-electron chi connectivity index (χ0n) is 19.8. The second kappa shape index (κ2) is 10.2. The molecule has 1 N–H and O–H groups in total. The Morgan fingerprint density at radius 2 is 1.88 bits per heavy atom. The highest BCUT2D eigenvalue weighted by atomic mass is 19.1. The highest BCUT2D eigenvalue weighted by molar-refractivity contribution is 6.46. The lowest BCUT2D eigenvalue weighted by Gasteiger charge is -2.26. The van der Waals surface area contributed by atoms with Crippen LogP contribution >= 0.6 is 0 Å². The van der Waals surface area contributed by atoms with Crippen LogP contribution in [0.5, 0.6) is 5.75 Å². The number of ketones is 1. The Labute approximate surface area is 194 Å². The molecule has 6 nitrogen and oxygen atoms in total. The third-order valence-corrected chi connectivity index (χ3v) is 5.87. The minimum Gasteiger partial charge on any atom is -0.507 e. The van der Waals surface area contributed by atoms with Crippen LogP contribution in [0.2, 0.25) is 0 Å². The van der Waals surface area contributed by atoms with E-state index in [1.54, 1.807) is 43.5 Å². The molecule has 1 saturated heterocycles. The van der Waals surface area contributed by atoms with Crippen molar-refractivity contribution in [1.82, 2.24) is 9.80 Å². The van der Waals surface area contributed by atoms with Gasteiger partial charge in [0.2, 0.25) is 0 Å². The van der Waals surface area contributed by atoms with Crippen molar-refractivity contribution in [3.05, 3.63) is 70.5 Å². The molecule has 1 unspecified atom stereocenters. The van der Waals surface area contributed by atoms with Gasteiger partial charge in [0.25, 0.3) is 11.7 Å². The van der Waals surface area contributed by atoms with Crippen molar-refractivity contribution in [2.24, 2.45) is 0 Å². The van der Waals surface area contributed by atoms with Gasteiger partial charge in [0, 0.05) is 17.7 Å². The molecule has 0 bridgehead atoms. The first-order valence-corrected chi connectivity index (χ1v) is 11.0. The first kappa shape index (κ1) is 24.5. The number of rotatable bonds is 8. The molecule has 1 atom stereocenters. The van der Waals surface area contributed by atoms with Gasteiger partial charge >= 0.3 is 0 Å². The number of benzene rings is 2. The Balaban J connectivity index is 2.16. The summed E-state index contributed by atoms with van der Waals surface area (Å²) >= 11 is 0. The van der Waals surface area contributed by atoms with E-state index in [1.807, 2.05) is 32.8 Å². The molecule has 0 aromatic heterocycles. The number of nitrogens with zero attached hydrogens (tertiary/aromatic N) is 2. The maximum absolute atomic E-state index is 14.8. The first-order valence-electron chi connectivity index (χ1n) is 11.0. The number of halogens is 1. The fourth-order valence-electron chi connectivity index (χ4n) is 4.18. The number of Topliss-reactive ketones (excluding diaryl/α,β-unsaturated/α-hetero) is 1. The molecule has 1 aliphatic heterocycles. The molecule has 1 aliphatic rings. The molecule has 0 spiro atoms. The van der Waals surface area contributed by atoms with Crippen molar-refractivity contribution in [2.45, 2.75) is 32.2 Å². The van der Waals surface area contributed by atoms with Crippen LogP contribution in [-0.4, -0.2) is 60.9 Å². The van der Waals surface area contributed by atoms with E-state index < -0.39 is 23.5 Å². The Hall–Kier alpha value is -3.19. The molecule has 3 rings (SSSR count). The van der Waals surface area contributed by atoms with Crippen LogP contribution in [0.3, 0.4) is 0 Å². The van der Waals surface area contributed by atoms with Gasteiger partial charge in [-0.3, -0.25) is 9.59 Å². The number of aliphatic hydroxyl groups excluding tert-OH is 1. The minimum absolute atomic E-state index is 0.100. The number of hydrogen-bond acceptors (Lipinski definition) is 5. The Morgan fingerprint density at radius 3 is 2.48 bits per heavy atom. The first-order chi connectivity index (χ1) is 15.7. The molecule has 7 heteroatoms. The van der Waals surface area contributed by atoms with E-state index in [-0.39, 0.29) is 29.4 Å². The number of hydrogen-bond donors (Lipinski definition) is 1. The van der Waals surface area contributed by atoms with Crippen LogP contribution in [0.15, 0.2) is 48.0 Å². The van der Waals surface area contributed by atoms with Crippen LogP contribution in [0, 0.1) is 5.82 Å². The average molecular weight is 455 g/mol. The molecular weight excluding hydrogens is 423 g/mol. The third kappa shape index (κ3) is 4.93. The van der Waals surface area contributed by atoms with Gasteiger partial charge in [-0.05, 0) is 62.8 Å². The summed E-state index contributed by atoms with van der Waals surface area (Å²) < 4.78 is 20.3. The number of carbonyl (C=O) groups is 2. The maximum atomic E-state index is 14.8. The van der Waals surface area contributed by atoms with E-state index in [0.717, 1.165) is 5.56 Å². The number of methoxy groups -OCH3 is 1. The lowest BCUT2D eigenvalue weighted by atomic mass is 9.93. The quantitative estimate of drug-likeness (QED) is 0.365. The fourth-order valence-corrected chi connectivity index (χ4v) is 4.18. The van der Waals surface area contributed by atoms with E-state index in [4.69, 9.17) is 4.74 Å². The summed E-state index contributed by atoms with van der Waals surface area (Å²) in [4.78, 5) is 29.4. The van der Waals surface area contributed by atoms with Crippen molar-refractivity contribution in [3.63, 3.8) is 0 Å². The van der Waals surface area contributed by atoms with Gasteiger partial charge in [0.15, 0.2) is 0 Å². The number of carbonyl (C=O) groups excluding carboxylic acids is 2. The summed E-state index contributed by atoms with van der Waals surface area (Å²) in [5.41, 5.74) is 1.31. The van der Waals surface area contributed by atoms with Crippen molar-refractivity contribution >= 4 is 17.4 Å².